The summed E-state index contributed by atoms with van der Waals surface area (Å²) < 4.78 is 0. The molecular weight excluding hydrogens is 284 g/mol. The molecule has 1 saturated heterocycles. The van der Waals surface area contributed by atoms with E-state index in [1.807, 2.05) is 0 Å². The summed E-state index contributed by atoms with van der Waals surface area (Å²) >= 11 is 0. The zero-order valence-corrected chi connectivity index (χ0v) is 11.3. The van der Waals surface area contributed by atoms with Crippen LogP contribution < -0.4 is 5.32 Å². The van der Waals surface area contributed by atoms with Crippen LogP contribution in [0.1, 0.15) is 25.7 Å². The van der Waals surface area contributed by atoms with Crippen molar-refractivity contribution in [2.24, 2.45) is 0 Å². The van der Waals surface area contributed by atoms with E-state index in [9.17, 15) is 19.2 Å². The van der Waals surface area contributed by atoms with Crippen LogP contribution in [0.4, 0.5) is 0 Å². The van der Waals surface area contributed by atoms with Crippen LogP contribution in [0.2, 0.25) is 0 Å². The summed E-state index contributed by atoms with van der Waals surface area (Å²) in [6.45, 7) is 0.492. The van der Waals surface area contributed by atoms with E-state index in [-0.39, 0.29) is 32.2 Å². The number of hydrogen-bond donors (Lipinski definition) is 4. The quantitative estimate of drug-likeness (QED) is 0.445. The van der Waals surface area contributed by atoms with Crippen molar-refractivity contribution in [2.75, 3.05) is 13.1 Å². The number of rotatable bonds is 8. The molecule has 0 aromatic heterocycles. The van der Waals surface area contributed by atoms with Gasteiger partial charge in [-0.1, -0.05) is 0 Å². The average Bonchev–Trinajstić information content (AvgIpc) is 2.38. The van der Waals surface area contributed by atoms with Crippen LogP contribution in [0.3, 0.4) is 0 Å². The molecule has 0 aromatic rings. The Hall–Kier alpha value is -2.16. The lowest BCUT2D eigenvalue weighted by molar-refractivity contribution is -0.154. The van der Waals surface area contributed by atoms with Crippen LogP contribution >= 0.6 is 0 Å². The molecule has 2 atom stereocenters. The van der Waals surface area contributed by atoms with E-state index < -0.39 is 35.9 Å². The number of carboxylic acid groups (broad SMARTS) is 3. The third-order valence-corrected chi connectivity index (χ3v) is 3.26. The summed E-state index contributed by atoms with van der Waals surface area (Å²) in [5, 5.41) is 29.3. The second-order valence-electron chi connectivity index (χ2n) is 4.76. The highest BCUT2D eigenvalue weighted by molar-refractivity contribution is 5.88. The fourth-order valence-electron chi connectivity index (χ4n) is 2.23. The molecule has 1 aliphatic heterocycles. The number of amides is 1. The highest BCUT2D eigenvalue weighted by atomic mass is 16.4. The lowest BCUT2D eigenvalue weighted by Gasteiger charge is -2.36. The zero-order valence-electron chi connectivity index (χ0n) is 11.3. The van der Waals surface area contributed by atoms with Gasteiger partial charge in [0.1, 0.15) is 6.04 Å². The first-order chi connectivity index (χ1) is 9.82. The Labute approximate surface area is 120 Å². The molecule has 4 N–H and O–H groups in total. The molecule has 0 spiro atoms. The van der Waals surface area contributed by atoms with E-state index in [0.717, 1.165) is 4.90 Å². The molecular formula is C12H18N2O7. The van der Waals surface area contributed by atoms with Crippen LogP contribution in [0, 0.1) is 0 Å². The molecule has 0 radical (unpaired) electrons. The molecule has 1 fully saturated rings. The maximum Gasteiger partial charge on any atom is 0.326 e. The Bertz CT molecular complexity index is 437. The Morgan fingerprint density at radius 1 is 1.19 bits per heavy atom. The predicted molar refractivity (Wildman–Crippen MR) is 68.7 cm³/mol. The first kappa shape index (κ1) is 16.9. The van der Waals surface area contributed by atoms with Gasteiger partial charge in [-0.25, -0.2) is 4.79 Å². The minimum atomic E-state index is -1.26. The summed E-state index contributed by atoms with van der Waals surface area (Å²) in [4.78, 5) is 45.6. The van der Waals surface area contributed by atoms with Gasteiger partial charge in [0.05, 0.1) is 6.04 Å². The van der Waals surface area contributed by atoms with Crippen molar-refractivity contribution in [3.05, 3.63) is 0 Å². The van der Waals surface area contributed by atoms with E-state index in [4.69, 9.17) is 15.3 Å². The maximum atomic E-state index is 12.2. The third-order valence-electron chi connectivity index (χ3n) is 3.26. The molecule has 1 rings (SSSR count). The lowest BCUT2D eigenvalue weighted by atomic mass is 10.0. The van der Waals surface area contributed by atoms with Crippen LogP contribution in [-0.4, -0.2) is 69.2 Å². The molecule has 0 bridgehead atoms. The number of piperazine rings is 1. The van der Waals surface area contributed by atoms with Crippen molar-refractivity contribution in [1.29, 1.82) is 0 Å². The van der Waals surface area contributed by atoms with Gasteiger partial charge in [-0.15, -0.1) is 0 Å². The summed E-state index contributed by atoms with van der Waals surface area (Å²) in [6, 6.07) is -1.95. The second kappa shape index (κ2) is 7.58. The van der Waals surface area contributed by atoms with Crippen molar-refractivity contribution in [2.45, 2.75) is 37.8 Å². The SMILES string of the molecule is O=C(O)CC[C@H](C(=O)O)N1CCN[C@H](CCC(=O)O)C1=O. The fourth-order valence-corrected chi connectivity index (χ4v) is 2.23. The number of nitrogens with one attached hydrogen (secondary N) is 1. The van der Waals surface area contributed by atoms with Crippen LogP contribution in [0.5, 0.6) is 0 Å². The van der Waals surface area contributed by atoms with Gasteiger partial charge < -0.3 is 25.5 Å². The number of carboxylic acids is 3. The molecule has 9 nitrogen and oxygen atoms in total. The molecule has 1 aliphatic rings. The van der Waals surface area contributed by atoms with Crippen LogP contribution in [0.25, 0.3) is 0 Å². The van der Waals surface area contributed by atoms with Crippen LogP contribution in [0.15, 0.2) is 0 Å². The largest absolute Gasteiger partial charge is 0.481 e. The van der Waals surface area contributed by atoms with Crippen molar-refractivity contribution in [3.63, 3.8) is 0 Å². The predicted octanol–water partition coefficient (Wildman–Crippen LogP) is -1.03. The van der Waals surface area contributed by atoms with E-state index in [2.05, 4.69) is 5.32 Å². The Balaban J connectivity index is 2.73. The number of hydrogen-bond acceptors (Lipinski definition) is 5. The van der Waals surface area contributed by atoms with Gasteiger partial charge in [0.2, 0.25) is 5.91 Å². The maximum absolute atomic E-state index is 12.2. The van der Waals surface area contributed by atoms with Crippen molar-refractivity contribution in [3.8, 4) is 0 Å². The first-order valence-electron chi connectivity index (χ1n) is 6.53. The number of carbonyl (C=O) groups is 4. The molecule has 0 aliphatic carbocycles. The molecule has 1 amide bonds. The Morgan fingerprint density at radius 3 is 2.33 bits per heavy atom. The fraction of sp³-hybridized carbons (Fsp3) is 0.667. The number of carbonyl (C=O) groups excluding carboxylic acids is 1. The summed E-state index contributed by atoms with van der Waals surface area (Å²) in [7, 11) is 0. The number of nitrogens with zero attached hydrogens (tertiary/aromatic N) is 1. The van der Waals surface area contributed by atoms with E-state index in [0.29, 0.717) is 6.54 Å². The zero-order chi connectivity index (χ0) is 16.0. The second-order valence-corrected chi connectivity index (χ2v) is 4.76. The molecule has 0 aromatic carbocycles. The van der Waals surface area contributed by atoms with Gasteiger partial charge in [-0.05, 0) is 12.8 Å². The van der Waals surface area contributed by atoms with Crippen molar-refractivity contribution < 1.29 is 34.5 Å². The van der Waals surface area contributed by atoms with Crippen LogP contribution in [-0.2, 0) is 19.2 Å². The average molecular weight is 302 g/mol. The molecule has 1 heterocycles. The molecule has 0 saturated carbocycles. The molecule has 9 heteroatoms. The molecule has 21 heavy (non-hydrogen) atoms. The Morgan fingerprint density at radius 2 is 1.81 bits per heavy atom. The van der Waals surface area contributed by atoms with Gasteiger partial charge in [0.25, 0.3) is 0 Å². The van der Waals surface area contributed by atoms with Gasteiger partial charge in [-0.2, -0.15) is 0 Å². The lowest BCUT2D eigenvalue weighted by Crippen LogP contribution is -2.59. The Kier molecular flexibility index (Phi) is 6.10. The highest BCUT2D eigenvalue weighted by Gasteiger charge is 2.36. The highest BCUT2D eigenvalue weighted by Crippen LogP contribution is 2.15. The van der Waals surface area contributed by atoms with E-state index >= 15 is 0 Å². The minimum Gasteiger partial charge on any atom is -0.481 e. The van der Waals surface area contributed by atoms with Gasteiger partial charge in [-0.3, -0.25) is 14.4 Å². The topological polar surface area (TPSA) is 144 Å². The van der Waals surface area contributed by atoms with Crippen molar-refractivity contribution in [1.82, 2.24) is 10.2 Å². The first-order valence-corrected chi connectivity index (χ1v) is 6.53. The van der Waals surface area contributed by atoms with Gasteiger partial charge >= 0.3 is 17.9 Å². The van der Waals surface area contributed by atoms with Crippen molar-refractivity contribution >= 4 is 23.8 Å². The summed E-state index contributed by atoms with van der Waals surface area (Å²) in [5.41, 5.74) is 0. The standard InChI is InChI=1S/C12H18N2O7/c15-9(16)3-1-7-11(19)14(6-5-13-7)8(12(20)21)2-4-10(17)18/h7-8,13H,1-6H2,(H,15,16)(H,17,18)(H,20,21)/t7-,8-/m1/s1. The normalized spacial score (nSPS) is 20.1. The third kappa shape index (κ3) is 5.03. The molecule has 0 unspecified atom stereocenters. The summed E-state index contributed by atoms with van der Waals surface area (Å²) in [5.74, 6) is -3.93. The monoisotopic (exact) mass is 302 g/mol. The minimum absolute atomic E-state index is 0.0654. The summed E-state index contributed by atoms with van der Waals surface area (Å²) in [6.07, 6.45) is -0.671. The van der Waals surface area contributed by atoms with E-state index in [1.165, 1.54) is 0 Å². The number of aliphatic carboxylic acids is 3. The van der Waals surface area contributed by atoms with Gasteiger partial charge in [0.15, 0.2) is 0 Å². The smallest absolute Gasteiger partial charge is 0.326 e. The van der Waals surface area contributed by atoms with E-state index in [1.54, 1.807) is 0 Å². The van der Waals surface area contributed by atoms with Gasteiger partial charge in [0, 0.05) is 25.9 Å². The molecule has 118 valence electrons.